The van der Waals surface area contributed by atoms with Gasteiger partial charge in [-0.05, 0) is 56.1 Å². The number of fused-ring (bicyclic) bond motifs is 1. The Labute approximate surface area is 222 Å². The van der Waals surface area contributed by atoms with Crippen LogP contribution in [-0.2, 0) is 0 Å². The minimum atomic E-state index is -0.159. The number of aromatic nitrogens is 2. The second-order valence-electron chi connectivity index (χ2n) is 9.59. The number of urea groups is 1. The van der Waals surface area contributed by atoms with E-state index in [4.69, 9.17) is 14.7 Å². The summed E-state index contributed by atoms with van der Waals surface area (Å²) < 4.78 is 11.8. The number of nitrogens with one attached hydrogen (secondary N) is 2. The van der Waals surface area contributed by atoms with Gasteiger partial charge >= 0.3 is 6.03 Å². The molecule has 3 heterocycles. The third kappa shape index (κ3) is 5.89. The molecule has 2 amide bonds. The quantitative estimate of drug-likeness (QED) is 0.489. The topological polar surface area (TPSA) is 116 Å². The van der Waals surface area contributed by atoms with Crippen LogP contribution in [0, 0.1) is 11.3 Å². The summed E-state index contributed by atoms with van der Waals surface area (Å²) in [5.74, 6) is 2.16. The van der Waals surface area contributed by atoms with Crippen molar-refractivity contribution in [2.24, 2.45) is 0 Å². The Balaban J connectivity index is 1.23. The first kappa shape index (κ1) is 25.5. The molecule has 1 atom stereocenters. The van der Waals surface area contributed by atoms with E-state index >= 15 is 0 Å². The van der Waals surface area contributed by atoms with Crippen LogP contribution >= 0.6 is 0 Å². The molecule has 2 N–H and O–H groups in total. The summed E-state index contributed by atoms with van der Waals surface area (Å²) in [6.45, 7) is 4.09. The largest absolute Gasteiger partial charge is 0.493 e. The van der Waals surface area contributed by atoms with Gasteiger partial charge in [-0.1, -0.05) is 6.42 Å². The van der Waals surface area contributed by atoms with Crippen LogP contribution in [0.15, 0.2) is 42.7 Å². The molecule has 0 bridgehead atoms. The monoisotopic (exact) mass is 515 g/mol. The van der Waals surface area contributed by atoms with E-state index in [1.807, 2.05) is 12.1 Å². The zero-order valence-electron chi connectivity index (χ0n) is 21.7. The van der Waals surface area contributed by atoms with Gasteiger partial charge in [-0.3, -0.25) is 0 Å². The SMILES string of the molecule is COc1cc2c(N3CCN(C(=O)Nc4ccc(C#N)cc4)CC3)ncnc2cc1OCCC1CCCCN1. The van der Waals surface area contributed by atoms with E-state index in [-0.39, 0.29) is 6.03 Å². The van der Waals surface area contributed by atoms with Gasteiger partial charge in [0, 0.05) is 49.4 Å². The molecule has 2 fully saturated rings. The first-order chi connectivity index (χ1) is 18.6. The van der Waals surface area contributed by atoms with Crippen molar-refractivity contribution in [3.05, 3.63) is 48.3 Å². The Bertz CT molecular complexity index is 1290. The minimum Gasteiger partial charge on any atom is -0.493 e. The molecule has 38 heavy (non-hydrogen) atoms. The van der Waals surface area contributed by atoms with E-state index in [2.05, 4.69) is 31.6 Å². The van der Waals surface area contributed by atoms with Crippen LogP contribution in [0.25, 0.3) is 10.9 Å². The van der Waals surface area contributed by atoms with Crippen LogP contribution in [0.3, 0.4) is 0 Å². The summed E-state index contributed by atoms with van der Waals surface area (Å²) in [6.07, 6.45) is 6.24. The molecule has 2 aromatic carbocycles. The number of anilines is 2. The number of nitriles is 1. The molecule has 3 aromatic rings. The molecular formula is C28H33N7O3. The third-order valence-electron chi connectivity index (χ3n) is 7.17. The highest BCUT2D eigenvalue weighted by molar-refractivity contribution is 5.92. The van der Waals surface area contributed by atoms with E-state index in [9.17, 15) is 4.79 Å². The minimum absolute atomic E-state index is 0.159. The molecule has 2 aliphatic rings. The average Bonchev–Trinajstić information content (AvgIpc) is 2.97. The number of nitrogens with zero attached hydrogens (tertiary/aromatic N) is 5. The molecule has 10 nitrogen and oxygen atoms in total. The summed E-state index contributed by atoms with van der Waals surface area (Å²) in [6, 6.07) is 13.1. The maximum Gasteiger partial charge on any atom is 0.321 e. The predicted octanol–water partition coefficient (Wildman–Crippen LogP) is 3.78. The summed E-state index contributed by atoms with van der Waals surface area (Å²) in [4.78, 5) is 25.8. The van der Waals surface area contributed by atoms with Crippen LogP contribution in [-0.4, -0.2) is 73.4 Å². The van der Waals surface area contributed by atoms with Crippen molar-refractivity contribution < 1.29 is 14.3 Å². The van der Waals surface area contributed by atoms with Gasteiger partial charge in [0.2, 0.25) is 0 Å². The lowest BCUT2D eigenvalue weighted by molar-refractivity contribution is 0.208. The van der Waals surface area contributed by atoms with Gasteiger partial charge < -0.3 is 29.9 Å². The second-order valence-corrected chi connectivity index (χ2v) is 9.59. The van der Waals surface area contributed by atoms with Crippen molar-refractivity contribution in [1.82, 2.24) is 20.2 Å². The summed E-state index contributed by atoms with van der Waals surface area (Å²) in [7, 11) is 1.64. The molecule has 0 spiro atoms. The van der Waals surface area contributed by atoms with Crippen LogP contribution < -0.4 is 25.0 Å². The predicted molar refractivity (Wildman–Crippen MR) is 146 cm³/mol. The molecule has 198 valence electrons. The number of benzene rings is 2. The smallest absolute Gasteiger partial charge is 0.321 e. The Morgan fingerprint density at radius 3 is 2.66 bits per heavy atom. The molecule has 1 unspecified atom stereocenters. The maximum atomic E-state index is 12.8. The Morgan fingerprint density at radius 1 is 1.13 bits per heavy atom. The first-order valence-electron chi connectivity index (χ1n) is 13.1. The van der Waals surface area contributed by atoms with Crippen molar-refractivity contribution in [3.8, 4) is 17.6 Å². The fourth-order valence-electron chi connectivity index (χ4n) is 5.01. The molecule has 5 rings (SSSR count). The average molecular weight is 516 g/mol. The van der Waals surface area contributed by atoms with E-state index in [0.717, 1.165) is 29.7 Å². The number of carbonyl (C=O) groups is 1. The molecule has 10 heteroatoms. The summed E-state index contributed by atoms with van der Waals surface area (Å²) >= 11 is 0. The molecule has 0 aliphatic carbocycles. The normalized spacial score (nSPS) is 17.6. The van der Waals surface area contributed by atoms with Gasteiger partial charge in [0.15, 0.2) is 11.5 Å². The van der Waals surface area contributed by atoms with Crippen molar-refractivity contribution in [2.45, 2.75) is 31.7 Å². The molecule has 1 aromatic heterocycles. The Morgan fingerprint density at radius 2 is 1.95 bits per heavy atom. The lowest BCUT2D eigenvalue weighted by Crippen LogP contribution is -2.50. The number of hydrogen-bond donors (Lipinski definition) is 2. The zero-order chi connectivity index (χ0) is 26.3. The Hall–Kier alpha value is -4.10. The van der Waals surface area contributed by atoms with E-state index in [1.165, 1.54) is 19.3 Å². The summed E-state index contributed by atoms with van der Waals surface area (Å²) in [5, 5.41) is 16.3. The van der Waals surface area contributed by atoms with E-state index in [0.29, 0.717) is 61.6 Å². The van der Waals surface area contributed by atoms with Crippen LogP contribution in [0.4, 0.5) is 16.3 Å². The van der Waals surface area contributed by atoms with Crippen LogP contribution in [0.2, 0.25) is 0 Å². The van der Waals surface area contributed by atoms with Crippen molar-refractivity contribution in [3.63, 3.8) is 0 Å². The van der Waals surface area contributed by atoms with Gasteiger partial charge in [0.25, 0.3) is 0 Å². The standard InChI is InChI=1S/C28H33N7O3/c1-37-25-16-23-24(17-26(25)38-15-9-21-4-2-3-10-30-21)31-19-32-27(23)34-11-13-35(14-12-34)28(36)33-22-7-5-20(18-29)6-8-22/h5-8,16-17,19,21,30H,2-4,9-15H2,1H3,(H,33,36). The lowest BCUT2D eigenvalue weighted by atomic mass is 10.0. The number of carbonyl (C=O) groups excluding carboxylic acids is 1. The van der Waals surface area contributed by atoms with E-state index in [1.54, 1.807) is 42.6 Å². The highest BCUT2D eigenvalue weighted by Crippen LogP contribution is 2.35. The number of rotatable bonds is 7. The van der Waals surface area contributed by atoms with Crippen molar-refractivity contribution in [2.75, 3.05) is 56.7 Å². The van der Waals surface area contributed by atoms with Crippen LogP contribution in [0.5, 0.6) is 11.5 Å². The Kier molecular flexibility index (Phi) is 8.04. The maximum absolute atomic E-state index is 12.8. The highest BCUT2D eigenvalue weighted by Gasteiger charge is 2.24. The number of ether oxygens (including phenoxy) is 2. The van der Waals surface area contributed by atoms with Gasteiger partial charge in [-0.2, -0.15) is 5.26 Å². The highest BCUT2D eigenvalue weighted by atomic mass is 16.5. The molecule has 2 aliphatic heterocycles. The van der Waals surface area contributed by atoms with Gasteiger partial charge in [-0.25, -0.2) is 14.8 Å². The molecular weight excluding hydrogens is 482 g/mol. The lowest BCUT2D eigenvalue weighted by Gasteiger charge is -2.35. The third-order valence-corrected chi connectivity index (χ3v) is 7.17. The zero-order valence-corrected chi connectivity index (χ0v) is 21.7. The molecule has 2 saturated heterocycles. The van der Waals surface area contributed by atoms with Crippen molar-refractivity contribution >= 4 is 28.4 Å². The second kappa shape index (κ2) is 12.0. The number of amides is 2. The summed E-state index contributed by atoms with van der Waals surface area (Å²) in [5.41, 5.74) is 2.02. The molecule has 0 saturated carbocycles. The fraction of sp³-hybridized carbons (Fsp3) is 0.429. The van der Waals surface area contributed by atoms with Gasteiger partial charge in [0.1, 0.15) is 12.1 Å². The number of hydrogen-bond acceptors (Lipinski definition) is 8. The van der Waals surface area contributed by atoms with Gasteiger partial charge in [-0.15, -0.1) is 0 Å². The van der Waals surface area contributed by atoms with Crippen LogP contribution in [0.1, 0.15) is 31.2 Å². The van der Waals surface area contributed by atoms with Gasteiger partial charge in [0.05, 0.1) is 30.9 Å². The van der Waals surface area contributed by atoms with E-state index < -0.39 is 0 Å². The fourth-order valence-corrected chi connectivity index (χ4v) is 5.01. The number of piperazine rings is 1. The number of methoxy groups -OCH3 is 1. The molecule has 0 radical (unpaired) electrons. The first-order valence-corrected chi connectivity index (χ1v) is 13.1. The van der Waals surface area contributed by atoms with Crippen molar-refractivity contribution in [1.29, 1.82) is 5.26 Å². The number of piperidine rings is 1.